The molecule has 4 nitrogen and oxygen atoms in total. The lowest BCUT2D eigenvalue weighted by molar-refractivity contribution is -0.120. The van der Waals surface area contributed by atoms with Crippen molar-refractivity contribution < 1.29 is 9.53 Å². The Morgan fingerprint density at radius 3 is 3.00 bits per heavy atom. The minimum Gasteiger partial charge on any atom is -0.385 e. The van der Waals surface area contributed by atoms with Crippen LogP contribution in [0.2, 0.25) is 0 Å². The molecule has 19 heavy (non-hydrogen) atoms. The van der Waals surface area contributed by atoms with Gasteiger partial charge in [-0.05, 0) is 24.7 Å². The van der Waals surface area contributed by atoms with E-state index in [9.17, 15) is 4.79 Å². The summed E-state index contributed by atoms with van der Waals surface area (Å²) in [6.07, 6.45) is 3.74. The van der Waals surface area contributed by atoms with Gasteiger partial charge in [-0.1, -0.05) is 0 Å². The first-order valence-electron chi connectivity index (χ1n) is 6.42. The third-order valence-corrected chi connectivity index (χ3v) is 4.67. The van der Waals surface area contributed by atoms with Crippen LogP contribution in [0.5, 0.6) is 0 Å². The van der Waals surface area contributed by atoms with E-state index in [1.54, 1.807) is 7.11 Å². The molecule has 6 heteroatoms. The molecule has 0 aliphatic heterocycles. The number of thiazole rings is 1. The summed E-state index contributed by atoms with van der Waals surface area (Å²) in [5, 5.41) is 5.74. The average molecular weight is 303 g/mol. The maximum absolute atomic E-state index is 11.8. The van der Waals surface area contributed by atoms with Gasteiger partial charge in [0.15, 0.2) is 0 Å². The number of amides is 1. The van der Waals surface area contributed by atoms with Crippen LogP contribution in [0.1, 0.15) is 30.0 Å². The highest BCUT2D eigenvalue weighted by molar-refractivity contribution is 7.09. The fraction of sp³-hybridized carbons (Fsp3) is 0.692. The molecular formula is C13H19ClN2O2S. The van der Waals surface area contributed by atoms with E-state index in [0.717, 1.165) is 30.3 Å². The minimum absolute atomic E-state index is 0.0409. The minimum atomic E-state index is 0.0409. The fourth-order valence-corrected chi connectivity index (χ4v) is 3.01. The Morgan fingerprint density at radius 1 is 1.63 bits per heavy atom. The van der Waals surface area contributed by atoms with Crippen LogP contribution in [0.25, 0.3) is 0 Å². The molecule has 1 fully saturated rings. The normalized spacial score (nSPS) is 16.3. The molecular weight excluding hydrogens is 284 g/mol. The van der Waals surface area contributed by atoms with Crippen molar-refractivity contribution in [2.24, 2.45) is 5.41 Å². The predicted molar refractivity (Wildman–Crippen MR) is 76.5 cm³/mol. The Balaban J connectivity index is 1.72. The highest BCUT2D eigenvalue weighted by Crippen LogP contribution is 2.48. The zero-order chi connectivity index (χ0) is 13.7. The molecule has 1 heterocycles. The summed E-state index contributed by atoms with van der Waals surface area (Å²) in [6.45, 7) is 1.52. The number of alkyl halides is 1. The molecule has 1 N–H and O–H groups in total. The summed E-state index contributed by atoms with van der Waals surface area (Å²) >= 11 is 7.18. The standard InChI is InChI=1S/C13H19ClN2O2S/c1-18-5-4-13(2-3-13)9-15-11(17)6-12-16-10(7-14)8-19-12/h8H,2-7,9H2,1H3,(H,15,17). The van der Waals surface area contributed by atoms with Crippen molar-refractivity contribution in [3.63, 3.8) is 0 Å². The highest BCUT2D eigenvalue weighted by atomic mass is 35.5. The molecule has 0 aromatic carbocycles. The smallest absolute Gasteiger partial charge is 0.226 e. The number of carbonyl (C=O) groups is 1. The second kappa shape index (κ2) is 6.68. The molecule has 1 aromatic heterocycles. The Bertz CT molecular complexity index is 432. The second-order valence-corrected chi connectivity index (χ2v) is 6.27. The monoisotopic (exact) mass is 302 g/mol. The van der Waals surface area contributed by atoms with Crippen molar-refractivity contribution in [2.75, 3.05) is 20.3 Å². The average Bonchev–Trinajstić information content (AvgIpc) is 3.05. The van der Waals surface area contributed by atoms with Crippen LogP contribution >= 0.6 is 22.9 Å². The quantitative estimate of drug-likeness (QED) is 0.750. The topological polar surface area (TPSA) is 51.2 Å². The van der Waals surface area contributed by atoms with E-state index < -0.39 is 0 Å². The van der Waals surface area contributed by atoms with Crippen LogP contribution in [-0.4, -0.2) is 31.2 Å². The number of hydrogen-bond donors (Lipinski definition) is 1. The Morgan fingerprint density at radius 2 is 2.42 bits per heavy atom. The summed E-state index contributed by atoms with van der Waals surface area (Å²) in [5.41, 5.74) is 1.13. The van der Waals surface area contributed by atoms with Gasteiger partial charge in [-0.3, -0.25) is 4.79 Å². The van der Waals surface area contributed by atoms with Gasteiger partial charge >= 0.3 is 0 Å². The van der Waals surface area contributed by atoms with E-state index in [1.165, 1.54) is 24.2 Å². The summed E-state index contributed by atoms with van der Waals surface area (Å²) in [7, 11) is 1.71. The molecule has 1 aliphatic carbocycles. The number of methoxy groups -OCH3 is 1. The van der Waals surface area contributed by atoms with E-state index >= 15 is 0 Å². The number of nitrogens with zero attached hydrogens (tertiary/aromatic N) is 1. The molecule has 0 bridgehead atoms. The van der Waals surface area contributed by atoms with Crippen molar-refractivity contribution in [1.29, 1.82) is 0 Å². The third kappa shape index (κ3) is 4.44. The molecule has 1 saturated carbocycles. The molecule has 0 unspecified atom stereocenters. The largest absolute Gasteiger partial charge is 0.385 e. The Hall–Kier alpha value is -0.650. The van der Waals surface area contributed by atoms with E-state index in [2.05, 4.69) is 10.3 Å². The first kappa shape index (κ1) is 14.8. The van der Waals surface area contributed by atoms with E-state index in [1.807, 2.05) is 5.38 Å². The summed E-state index contributed by atoms with van der Waals surface area (Å²) < 4.78 is 5.10. The maximum Gasteiger partial charge on any atom is 0.226 e. The van der Waals surface area contributed by atoms with Gasteiger partial charge < -0.3 is 10.1 Å². The van der Waals surface area contributed by atoms with Gasteiger partial charge in [0.1, 0.15) is 5.01 Å². The van der Waals surface area contributed by atoms with Crippen molar-refractivity contribution in [3.05, 3.63) is 16.1 Å². The Kier molecular flexibility index (Phi) is 5.19. The van der Waals surface area contributed by atoms with Crippen molar-refractivity contribution in [3.8, 4) is 0 Å². The lowest BCUT2D eigenvalue weighted by atomic mass is 10.0. The second-order valence-electron chi connectivity index (χ2n) is 5.06. The van der Waals surface area contributed by atoms with Crippen molar-refractivity contribution >= 4 is 28.8 Å². The number of aromatic nitrogens is 1. The van der Waals surface area contributed by atoms with Gasteiger partial charge in [0.05, 0.1) is 18.0 Å². The molecule has 0 spiro atoms. The lowest BCUT2D eigenvalue weighted by Gasteiger charge is -2.15. The van der Waals surface area contributed by atoms with Gasteiger partial charge in [-0.2, -0.15) is 0 Å². The number of nitrogens with one attached hydrogen (secondary N) is 1. The Labute approximate surface area is 122 Å². The molecule has 0 saturated heterocycles. The van der Waals surface area contributed by atoms with E-state index in [0.29, 0.717) is 12.3 Å². The number of halogens is 1. The van der Waals surface area contributed by atoms with Crippen LogP contribution in [0.3, 0.4) is 0 Å². The summed E-state index contributed by atoms with van der Waals surface area (Å²) in [4.78, 5) is 16.1. The van der Waals surface area contributed by atoms with Gasteiger partial charge in [-0.25, -0.2) is 4.98 Å². The predicted octanol–water partition coefficient (Wildman–Crippen LogP) is 2.36. The zero-order valence-electron chi connectivity index (χ0n) is 11.1. The molecule has 0 radical (unpaired) electrons. The number of carbonyl (C=O) groups excluding carboxylic acids is 1. The number of rotatable bonds is 8. The maximum atomic E-state index is 11.8. The molecule has 1 aliphatic rings. The van der Waals surface area contributed by atoms with E-state index in [4.69, 9.17) is 16.3 Å². The molecule has 1 amide bonds. The van der Waals surface area contributed by atoms with Crippen LogP contribution in [0.15, 0.2) is 5.38 Å². The lowest BCUT2D eigenvalue weighted by Crippen LogP contribution is -2.31. The van der Waals surface area contributed by atoms with Crippen LogP contribution < -0.4 is 5.32 Å². The number of hydrogen-bond acceptors (Lipinski definition) is 4. The fourth-order valence-electron chi connectivity index (χ4n) is 1.99. The van der Waals surface area contributed by atoms with E-state index in [-0.39, 0.29) is 11.3 Å². The van der Waals surface area contributed by atoms with Gasteiger partial charge in [0, 0.05) is 25.6 Å². The van der Waals surface area contributed by atoms with Crippen LogP contribution in [-0.2, 0) is 21.8 Å². The van der Waals surface area contributed by atoms with Crippen molar-refractivity contribution in [1.82, 2.24) is 10.3 Å². The molecule has 2 rings (SSSR count). The highest BCUT2D eigenvalue weighted by Gasteiger charge is 2.42. The van der Waals surface area contributed by atoms with Crippen molar-refractivity contribution in [2.45, 2.75) is 31.6 Å². The molecule has 1 aromatic rings. The molecule has 0 atom stereocenters. The first-order valence-corrected chi connectivity index (χ1v) is 7.84. The van der Waals surface area contributed by atoms with Crippen LogP contribution in [0, 0.1) is 5.41 Å². The summed E-state index contributed by atoms with van der Waals surface area (Å²) in [5.74, 6) is 0.442. The van der Waals surface area contributed by atoms with Crippen LogP contribution in [0.4, 0.5) is 0 Å². The van der Waals surface area contributed by atoms with Gasteiger partial charge in [0.25, 0.3) is 0 Å². The van der Waals surface area contributed by atoms with Gasteiger partial charge in [-0.15, -0.1) is 22.9 Å². The zero-order valence-corrected chi connectivity index (χ0v) is 12.6. The van der Waals surface area contributed by atoms with Gasteiger partial charge in [0.2, 0.25) is 5.91 Å². The number of ether oxygens (including phenoxy) is 1. The molecule has 106 valence electrons. The first-order chi connectivity index (χ1) is 9.17. The summed E-state index contributed by atoms with van der Waals surface area (Å²) in [6, 6.07) is 0. The SMILES string of the molecule is COCCC1(CNC(=O)Cc2nc(CCl)cs2)CC1. The third-order valence-electron chi connectivity index (χ3n) is 3.50.